The van der Waals surface area contributed by atoms with Gasteiger partial charge in [-0.25, -0.2) is 9.37 Å². The maximum Gasteiger partial charge on any atom is 0.198 e. The molecule has 1 atom stereocenters. The predicted molar refractivity (Wildman–Crippen MR) is 71.1 cm³/mol. The van der Waals surface area contributed by atoms with Crippen molar-refractivity contribution in [3.63, 3.8) is 0 Å². The van der Waals surface area contributed by atoms with Gasteiger partial charge in [0.25, 0.3) is 0 Å². The largest absolute Gasteiger partial charge is 0.440 e. The quantitative estimate of drug-likeness (QED) is 0.753. The Hall–Kier alpha value is -1.38. The smallest absolute Gasteiger partial charge is 0.198 e. The van der Waals surface area contributed by atoms with Gasteiger partial charge in [0, 0.05) is 5.92 Å². The number of nitrogens with zero attached hydrogens (tertiary/aromatic N) is 1. The van der Waals surface area contributed by atoms with Crippen molar-refractivity contribution in [2.24, 2.45) is 5.92 Å². The highest BCUT2D eigenvalue weighted by atomic mass is 19.1. The molecule has 2 nitrogen and oxygen atoms in total. The second-order valence-electron chi connectivity index (χ2n) is 5.22. The lowest BCUT2D eigenvalue weighted by molar-refractivity contribution is 0.412. The molecule has 1 unspecified atom stereocenters. The Balaban J connectivity index is 2.25. The van der Waals surface area contributed by atoms with Crippen LogP contribution >= 0.6 is 0 Å². The molecule has 98 valence electrons. The van der Waals surface area contributed by atoms with Gasteiger partial charge >= 0.3 is 0 Å². The minimum atomic E-state index is -0.304. The molecule has 0 spiro atoms. The van der Waals surface area contributed by atoms with Crippen LogP contribution in [0.25, 0.3) is 11.1 Å². The number of aromatic nitrogens is 1. The van der Waals surface area contributed by atoms with Gasteiger partial charge in [0.05, 0.1) is 0 Å². The zero-order valence-corrected chi connectivity index (χ0v) is 11.2. The number of para-hydroxylation sites is 1. The summed E-state index contributed by atoms with van der Waals surface area (Å²) in [5.74, 6) is 1.33. The molecule has 3 heteroatoms. The molecule has 18 heavy (non-hydrogen) atoms. The SMILES string of the molecule is CCC(CCC(C)C)c1nc2c(F)cccc2o1. The fourth-order valence-electron chi connectivity index (χ4n) is 2.14. The molecule has 1 aromatic heterocycles. The predicted octanol–water partition coefficient (Wildman–Crippen LogP) is 4.90. The first-order chi connectivity index (χ1) is 8.61. The lowest BCUT2D eigenvalue weighted by Gasteiger charge is -2.12. The number of fused-ring (bicyclic) bond motifs is 1. The van der Waals surface area contributed by atoms with Crippen molar-refractivity contribution in [1.29, 1.82) is 0 Å². The normalized spacial score (nSPS) is 13.4. The van der Waals surface area contributed by atoms with Crippen LogP contribution in [0, 0.1) is 11.7 Å². The lowest BCUT2D eigenvalue weighted by atomic mass is 9.96. The van der Waals surface area contributed by atoms with E-state index in [4.69, 9.17) is 4.42 Å². The number of oxazole rings is 1. The highest BCUT2D eigenvalue weighted by molar-refractivity contribution is 5.73. The van der Waals surface area contributed by atoms with Crippen LogP contribution in [-0.4, -0.2) is 4.98 Å². The van der Waals surface area contributed by atoms with E-state index in [0.717, 1.165) is 19.3 Å². The summed E-state index contributed by atoms with van der Waals surface area (Å²) < 4.78 is 19.2. The average molecular weight is 249 g/mol. The van der Waals surface area contributed by atoms with Gasteiger partial charge in [-0.2, -0.15) is 0 Å². The first kappa shape index (κ1) is 13.1. The van der Waals surface area contributed by atoms with E-state index in [2.05, 4.69) is 25.8 Å². The maximum absolute atomic E-state index is 13.6. The van der Waals surface area contributed by atoms with Gasteiger partial charge in [-0.3, -0.25) is 0 Å². The van der Waals surface area contributed by atoms with Crippen LogP contribution in [0.5, 0.6) is 0 Å². The van der Waals surface area contributed by atoms with E-state index in [9.17, 15) is 4.39 Å². The Labute approximate surface area is 107 Å². The van der Waals surface area contributed by atoms with Crippen LogP contribution in [0.3, 0.4) is 0 Å². The van der Waals surface area contributed by atoms with Gasteiger partial charge in [-0.15, -0.1) is 0 Å². The van der Waals surface area contributed by atoms with E-state index in [-0.39, 0.29) is 5.82 Å². The number of rotatable bonds is 5. The summed E-state index contributed by atoms with van der Waals surface area (Å²) >= 11 is 0. The first-order valence-corrected chi connectivity index (χ1v) is 6.66. The summed E-state index contributed by atoms with van der Waals surface area (Å²) in [6.45, 7) is 6.53. The molecule has 0 bridgehead atoms. The van der Waals surface area contributed by atoms with Crippen LogP contribution < -0.4 is 0 Å². The molecule has 1 heterocycles. The molecule has 0 fully saturated rings. The number of halogens is 1. The molecule has 1 aromatic carbocycles. The van der Waals surface area contributed by atoms with Gasteiger partial charge in [0.1, 0.15) is 5.52 Å². The molecule has 0 aliphatic rings. The van der Waals surface area contributed by atoms with Crippen molar-refractivity contribution in [1.82, 2.24) is 4.98 Å². The molecule has 0 aliphatic carbocycles. The molecule has 0 saturated heterocycles. The lowest BCUT2D eigenvalue weighted by Crippen LogP contribution is -2.00. The molecule has 0 amide bonds. The van der Waals surface area contributed by atoms with E-state index in [1.54, 1.807) is 12.1 Å². The standard InChI is InChI=1S/C15H20FNO/c1-4-11(9-8-10(2)3)15-17-14-12(16)6-5-7-13(14)18-15/h5-7,10-11H,4,8-9H2,1-3H3. The van der Waals surface area contributed by atoms with Gasteiger partial charge in [0.2, 0.25) is 0 Å². The summed E-state index contributed by atoms with van der Waals surface area (Å²) in [6.07, 6.45) is 3.16. The topological polar surface area (TPSA) is 26.0 Å². The number of hydrogen-bond acceptors (Lipinski definition) is 2. The molecule has 0 saturated carbocycles. The van der Waals surface area contributed by atoms with E-state index >= 15 is 0 Å². The Kier molecular flexibility index (Phi) is 4.00. The van der Waals surface area contributed by atoms with Crippen molar-refractivity contribution in [3.05, 3.63) is 29.9 Å². The monoisotopic (exact) mass is 249 g/mol. The summed E-state index contributed by atoms with van der Waals surface area (Å²) in [6, 6.07) is 4.84. The fraction of sp³-hybridized carbons (Fsp3) is 0.533. The van der Waals surface area contributed by atoms with Crippen molar-refractivity contribution >= 4 is 11.1 Å². The maximum atomic E-state index is 13.6. The molecular weight excluding hydrogens is 229 g/mol. The van der Waals surface area contributed by atoms with Gasteiger partial charge in [-0.05, 0) is 30.9 Å². The summed E-state index contributed by atoms with van der Waals surface area (Å²) in [7, 11) is 0. The van der Waals surface area contributed by atoms with Crippen molar-refractivity contribution < 1.29 is 8.81 Å². The highest BCUT2D eigenvalue weighted by Gasteiger charge is 2.18. The van der Waals surface area contributed by atoms with Gasteiger partial charge < -0.3 is 4.42 Å². The van der Waals surface area contributed by atoms with Crippen LogP contribution in [0.15, 0.2) is 22.6 Å². The molecular formula is C15H20FNO. The molecule has 0 radical (unpaired) electrons. The summed E-state index contributed by atoms with van der Waals surface area (Å²) in [5.41, 5.74) is 0.906. The third kappa shape index (κ3) is 2.71. The summed E-state index contributed by atoms with van der Waals surface area (Å²) in [5, 5.41) is 0. The minimum Gasteiger partial charge on any atom is -0.440 e. The minimum absolute atomic E-state index is 0.291. The number of hydrogen-bond donors (Lipinski definition) is 0. The van der Waals surface area contributed by atoms with E-state index in [1.807, 2.05) is 0 Å². The Morgan fingerprint density at radius 2 is 2.06 bits per heavy atom. The zero-order valence-electron chi connectivity index (χ0n) is 11.2. The van der Waals surface area contributed by atoms with Gasteiger partial charge in [0.15, 0.2) is 17.3 Å². The average Bonchev–Trinajstić information content (AvgIpc) is 2.75. The Morgan fingerprint density at radius 3 is 2.67 bits per heavy atom. The molecule has 0 N–H and O–H groups in total. The second-order valence-corrected chi connectivity index (χ2v) is 5.22. The van der Waals surface area contributed by atoms with E-state index < -0.39 is 0 Å². The van der Waals surface area contributed by atoms with Crippen molar-refractivity contribution in [3.8, 4) is 0 Å². The number of benzene rings is 1. The van der Waals surface area contributed by atoms with Crippen LogP contribution in [0.1, 0.15) is 51.8 Å². The summed E-state index contributed by atoms with van der Waals surface area (Å²) in [4.78, 5) is 4.32. The molecule has 2 aromatic rings. The van der Waals surface area contributed by atoms with Crippen molar-refractivity contribution in [2.75, 3.05) is 0 Å². The third-order valence-electron chi connectivity index (χ3n) is 3.32. The Morgan fingerprint density at radius 1 is 1.28 bits per heavy atom. The van der Waals surface area contributed by atoms with Crippen LogP contribution in [-0.2, 0) is 0 Å². The first-order valence-electron chi connectivity index (χ1n) is 6.66. The molecule has 0 aliphatic heterocycles. The highest BCUT2D eigenvalue weighted by Crippen LogP contribution is 2.29. The van der Waals surface area contributed by atoms with E-state index in [1.165, 1.54) is 6.07 Å². The Bertz CT molecular complexity index is 518. The second kappa shape index (κ2) is 5.51. The van der Waals surface area contributed by atoms with Crippen LogP contribution in [0.4, 0.5) is 4.39 Å². The van der Waals surface area contributed by atoms with Gasteiger partial charge in [-0.1, -0.05) is 33.3 Å². The third-order valence-corrected chi connectivity index (χ3v) is 3.32. The van der Waals surface area contributed by atoms with E-state index in [0.29, 0.717) is 28.8 Å². The molecule has 2 rings (SSSR count). The van der Waals surface area contributed by atoms with Crippen molar-refractivity contribution in [2.45, 2.75) is 46.0 Å². The van der Waals surface area contributed by atoms with Crippen LogP contribution in [0.2, 0.25) is 0 Å². The fourth-order valence-corrected chi connectivity index (χ4v) is 2.14. The zero-order chi connectivity index (χ0) is 13.1.